The van der Waals surface area contributed by atoms with E-state index in [1.807, 2.05) is 0 Å². The van der Waals surface area contributed by atoms with E-state index in [1.165, 1.54) is 0 Å². The Kier molecular flexibility index (Phi) is 2.61. The molecule has 0 unspecified atom stereocenters. The molecule has 15 heavy (non-hydrogen) atoms. The molecule has 0 spiro atoms. The zero-order valence-corrected chi connectivity index (χ0v) is 7.59. The highest BCUT2D eigenvalue weighted by molar-refractivity contribution is 5.92. The summed E-state index contributed by atoms with van der Waals surface area (Å²) < 4.78 is 37.0. The zero-order valence-electron chi connectivity index (χ0n) is 7.59. The van der Waals surface area contributed by atoms with Crippen molar-refractivity contribution < 1.29 is 28.2 Å². The highest BCUT2D eigenvalue weighted by atomic mass is 19.4. The van der Waals surface area contributed by atoms with Gasteiger partial charge in [-0.3, -0.25) is 0 Å². The minimum atomic E-state index is -4.62. The predicted molar refractivity (Wildman–Crippen MR) is 44.8 cm³/mol. The molecule has 0 aliphatic carbocycles. The van der Waals surface area contributed by atoms with E-state index in [9.17, 15) is 18.0 Å². The average molecular weight is 220 g/mol. The number of carbonyl (C=O) groups is 1. The SMILES string of the molecule is Cc1c(C(F)(F)F)ccc(O)c1C(=O)O. The summed E-state index contributed by atoms with van der Waals surface area (Å²) in [5, 5.41) is 17.7. The first-order chi connectivity index (χ1) is 6.75. The van der Waals surface area contributed by atoms with Crippen LogP contribution < -0.4 is 0 Å². The lowest BCUT2D eigenvalue weighted by molar-refractivity contribution is -0.138. The smallest absolute Gasteiger partial charge is 0.416 e. The van der Waals surface area contributed by atoms with Crippen molar-refractivity contribution in [1.29, 1.82) is 0 Å². The molecule has 1 aromatic carbocycles. The Balaban J connectivity index is 3.49. The van der Waals surface area contributed by atoms with Gasteiger partial charge < -0.3 is 10.2 Å². The second-order valence-corrected chi connectivity index (χ2v) is 2.94. The van der Waals surface area contributed by atoms with E-state index in [2.05, 4.69) is 0 Å². The fourth-order valence-corrected chi connectivity index (χ4v) is 1.27. The van der Waals surface area contributed by atoms with Crippen LogP contribution in [0.5, 0.6) is 5.75 Å². The minimum Gasteiger partial charge on any atom is -0.507 e. The van der Waals surface area contributed by atoms with E-state index in [0.717, 1.165) is 13.0 Å². The van der Waals surface area contributed by atoms with Crippen LogP contribution in [-0.4, -0.2) is 16.2 Å². The second-order valence-electron chi connectivity index (χ2n) is 2.94. The maximum atomic E-state index is 12.3. The van der Waals surface area contributed by atoms with Crippen molar-refractivity contribution in [2.75, 3.05) is 0 Å². The number of phenols is 1. The molecule has 2 N–H and O–H groups in total. The van der Waals surface area contributed by atoms with Crippen LogP contribution in [0.2, 0.25) is 0 Å². The molecule has 3 nitrogen and oxygen atoms in total. The van der Waals surface area contributed by atoms with Gasteiger partial charge in [0, 0.05) is 0 Å². The van der Waals surface area contributed by atoms with E-state index < -0.39 is 34.6 Å². The molecule has 1 rings (SSSR count). The molecule has 0 fully saturated rings. The first-order valence-corrected chi connectivity index (χ1v) is 3.88. The Hall–Kier alpha value is -1.72. The monoisotopic (exact) mass is 220 g/mol. The third kappa shape index (κ3) is 2.03. The van der Waals surface area contributed by atoms with Gasteiger partial charge in [0.25, 0.3) is 0 Å². The summed E-state index contributed by atoms with van der Waals surface area (Å²) in [4.78, 5) is 10.6. The molecule has 0 radical (unpaired) electrons. The molecule has 0 bridgehead atoms. The molecular formula is C9H7F3O3. The van der Waals surface area contributed by atoms with Crippen LogP contribution in [0, 0.1) is 6.92 Å². The van der Waals surface area contributed by atoms with Crippen molar-refractivity contribution in [2.45, 2.75) is 13.1 Å². The van der Waals surface area contributed by atoms with Crippen molar-refractivity contribution >= 4 is 5.97 Å². The van der Waals surface area contributed by atoms with Crippen molar-refractivity contribution in [3.8, 4) is 5.75 Å². The number of hydrogen-bond acceptors (Lipinski definition) is 2. The molecule has 0 amide bonds. The molecule has 0 saturated heterocycles. The number of benzene rings is 1. The number of aromatic hydroxyl groups is 1. The third-order valence-corrected chi connectivity index (χ3v) is 1.96. The second kappa shape index (κ2) is 3.45. The van der Waals surface area contributed by atoms with Crippen molar-refractivity contribution in [3.63, 3.8) is 0 Å². The Labute approximate surface area is 82.8 Å². The molecule has 0 aliphatic heterocycles. The normalized spacial score (nSPS) is 11.5. The summed E-state index contributed by atoms with van der Waals surface area (Å²) in [5.74, 6) is -2.26. The van der Waals surface area contributed by atoms with Crippen LogP contribution >= 0.6 is 0 Å². The first-order valence-electron chi connectivity index (χ1n) is 3.88. The summed E-state index contributed by atoms with van der Waals surface area (Å²) in [5.41, 5.74) is -2.27. The Morgan fingerprint density at radius 3 is 2.27 bits per heavy atom. The summed E-state index contributed by atoms with van der Waals surface area (Å²) in [7, 11) is 0. The summed E-state index contributed by atoms with van der Waals surface area (Å²) in [6, 6.07) is 1.37. The van der Waals surface area contributed by atoms with Gasteiger partial charge in [-0.15, -0.1) is 0 Å². The highest BCUT2D eigenvalue weighted by Gasteiger charge is 2.34. The van der Waals surface area contributed by atoms with Crippen LogP contribution in [0.15, 0.2) is 12.1 Å². The Bertz CT molecular complexity index is 410. The van der Waals surface area contributed by atoms with Gasteiger partial charge in [-0.2, -0.15) is 13.2 Å². The van der Waals surface area contributed by atoms with Gasteiger partial charge >= 0.3 is 12.1 Å². The average Bonchev–Trinajstić information content (AvgIpc) is 2.00. The Morgan fingerprint density at radius 2 is 1.87 bits per heavy atom. The lowest BCUT2D eigenvalue weighted by Crippen LogP contribution is -2.11. The standard InChI is InChI=1S/C9H7F3O3/c1-4-5(9(10,11)12)2-3-6(13)7(4)8(14)15/h2-3,13H,1H3,(H,14,15). The van der Waals surface area contributed by atoms with E-state index in [1.54, 1.807) is 0 Å². The molecule has 82 valence electrons. The number of rotatable bonds is 1. The number of alkyl halides is 3. The molecule has 0 aromatic heterocycles. The molecule has 0 aliphatic rings. The van der Waals surface area contributed by atoms with Crippen LogP contribution in [-0.2, 0) is 6.18 Å². The number of aromatic carboxylic acids is 1. The fourth-order valence-electron chi connectivity index (χ4n) is 1.27. The summed E-state index contributed by atoms with van der Waals surface area (Å²) in [6.45, 7) is 1.01. The summed E-state index contributed by atoms with van der Waals surface area (Å²) >= 11 is 0. The van der Waals surface area contributed by atoms with E-state index in [4.69, 9.17) is 10.2 Å². The lowest BCUT2D eigenvalue weighted by atomic mass is 10.0. The molecule has 6 heteroatoms. The maximum Gasteiger partial charge on any atom is 0.416 e. The largest absolute Gasteiger partial charge is 0.507 e. The molecule has 0 saturated carbocycles. The van der Waals surface area contributed by atoms with Crippen molar-refractivity contribution in [1.82, 2.24) is 0 Å². The van der Waals surface area contributed by atoms with Gasteiger partial charge in [0.05, 0.1) is 5.56 Å². The van der Waals surface area contributed by atoms with Gasteiger partial charge in [0.2, 0.25) is 0 Å². The van der Waals surface area contributed by atoms with Crippen LogP contribution in [0.1, 0.15) is 21.5 Å². The Morgan fingerprint density at radius 1 is 1.33 bits per heavy atom. The molecular weight excluding hydrogens is 213 g/mol. The fraction of sp³-hybridized carbons (Fsp3) is 0.222. The number of hydrogen-bond donors (Lipinski definition) is 2. The number of halogens is 3. The highest BCUT2D eigenvalue weighted by Crippen LogP contribution is 2.35. The number of carboxylic acids is 1. The van der Waals surface area contributed by atoms with E-state index in [-0.39, 0.29) is 0 Å². The zero-order chi connectivity index (χ0) is 11.8. The quantitative estimate of drug-likeness (QED) is 0.764. The van der Waals surface area contributed by atoms with Crippen molar-refractivity contribution in [3.05, 3.63) is 28.8 Å². The lowest BCUT2D eigenvalue weighted by Gasteiger charge is -2.12. The minimum absolute atomic E-state index is 0.491. The van der Waals surface area contributed by atoms with Crippen LogP contribution in [0.4, 0.5) is 13.2 Å². The molecule has 0 atom stereocenters. The molecule has 1 aromatic rings. The first kappa shape index (κ1) is 11.4. The van der Waals surface area contributed by atoms with E-state index >= 15 is 0 Å². The summed E-state index contributed by atoms with van der Waals surface area (Å²) in [6.07, 6.45) is -4.62. The number of carboxylic acid groups (broad SMARTS) is 1. The van der Waals surface area contributed by atoms with Crippen molar-refractivity contribution in [2.24, 2.45) is 0 Å². The van der Waals surface area contributed by atoms with Crippen LogP contribution in [0.25, 0.3) is 0 Å². The topological polar surface area (TPSA) is 57.5 Å². The molecule has 0 heterocycles. The van der Waals surface area contributed by atoms with Gasteiger partial charge in [-0.25, -0.2) is 4.79 Å². The predicted octanol–water partition coefficient (Wildman–Crippen LogP) is 2.42. The van der Waals surface area contributed by atoms with E-state index in [0.29, 0.717) is 6.07 Å². The third-order valence-electron chi connectivity index (χ3n) is 1.96. The van der Waals surface area contributed by atoms with Gasteiger partial charge in [-0.05, 0) is 24.6 Å². The maximum absolute atomic E-state index is 12.3. The van der Waals surface area contributed by atoms with Gasteiger partial charge in [0.1, 0.15) is 11.3 Å². The van der Waals surface area contributed by atoms with Gasteiger partial charge in [-0.1, -0.05) is 0 Å². The van der Waals surface area contributed by atoms with Gasteiger partial charge in [0.15, 0.2) is 0 Å². The van der Waals surface area contributed by atoms with Crippen LogP contribution in [0.3, 0.4) is 0 Å².